The van der Waals surface area contributed by atoms with E-state index in [0.717, 1.165) is 39.3 Å². The van der Waals surface area contributed by atoms with Crippen molar-refractivity contribution in [2.45, 2.75) is 0 Å². The van der Waals surface area contributed by atoms with E-state index in [-0.39, 0.29) is 0 Å². The molecule has 0 heterocycles. The molecule has 0 radical (unpaired) electrons. The van der Waals surface area contributed by atoms with E-state index >= 15 is 0 Å². The molecule has 0 saturated carbocycles. The molecule has 0 saturated heterocycles. The van der Waals surface area contributed by atoms with Crippen LogP contribution in [0, 0.1) is 12.3 Å². The Balaban J connectivity index is 1.93. The van der Waals surface area contributed by atoms with Gasteiger partial charge in [0.2, 0.25) is 0 Å². The smallest absolute Gasteiger partial charge is 0.130 e. The minimum atomic E-state index is 0.779. The maximum atomic E-state index is 5.48. The minimum Gasteiger partial charge on any atom is -0.497 e. The van der Waals surface area contributed by atoms with Gasteiger partial charge in [0.05, 0.1) is 14.2 Å². The Morgan fingerprint density at radius 1 is 0.708 bits per heavy atom. The zero-order valence-corrected chi connectivity index (χ0v) is 13.7. The number of terminal acetylenes is 1. The zero-order chi connectivity index (χ0) is 16.9. The molecule has 3 aromatic rings. The fourth-order valence-electron chi connectivity index (χ4n) is 2.64. The summed E-state index contributed by atoms with van der Waals surface area (Å²) in [7, 11) is 3.31. The summed E-state index contributed by atoms with van der Waals surface area (Å²) in [6, 6.07) is 22.2. The minimum absolute atomic E-state index is 0.779. The van der Waals surface area contributed by atoms with Crippen LogP contribution in [-0.2, 0) is 0 Å². The van der Waals surface area contributed by atoms with Crippen LogP contribution in [0.4, 0.5) is 0 Å². The molecule has 0 unspecified atom stereocenters. The third-order valence-electron chi connectivity index (χ3n) is 3.99. The Morgan fingerprint density at radius 2 is 1.29 bits per heavy atom. The molecule has 2 nitrogen and oxygen atoms in total. The molecule has 0 amide bonds. The lowest BCUT2D eigenvalue weighted by Crippen LogP contribution is -1.90. The lowest BCUT2D eigenvalue weighted by atomic mass is 9.99. The third-order valence-corrected chi connectivity index (χ3v) is 3.99. The number of methoxy groups -OCH3 is 2. The Kier molecular flexibility index (Phi) is 4.54. The normalized spacial score (nSPS) is 10.0. The lowest BCUT2D eigenvalue weighted by Gasteiger charge is -2.11. The molecule has 2 heteroatoms. The fourth-order valence-corrected chi connectivity index (χ4v) is 2.64. The van der Waals surface area contributed by atoms with Crippen molar-refractivity contribution in [3.05, 3.63) is 72.3 Å². The van der Waals surface area contributed by atoms with E-state index in [1.807, 2.05) is 42.5 Å². The number of rotatable bonds is 4. The van der Waals surface area contributed by atoms with Crippen LogP contribution in [0.2, 0.25) is 0 Å². The Labute approximate surface area is 142 Å². The first-order valence-electron chi connectivity index (χ1n) is 7.64. The topological polar surface area (TPSA) is 18.5 Å². The van der Waals surface area contributed by atoms with Crippen molar-refractivity contribution >= 4 is 0 Å². The quantitative estimate of drug-likeness (QED) is 0.630. The van der Waals surface area contributed by atoms with Crippen LogP contribution in [0.3, 0.4) is 0 Å². The van der Waals surface area contributed by atoms with Gasteiger partial charge in [-0.25, -0.2) is 0 Å². The molecule has 0 N–H and O–H groups in total. The highest BCUT2D eigenvalue weighted by atomic mass is 16.5. The molecule has 0 fully saturated rings. The third kappa shape index (κ3) is 3.11. The van der Waals surface area contributed by atoms with E-state index < -0.39 is 0 Å². The van der Waals surface area contributed by atoms with E-state index in [2.05, 4.69) is 30.2 Å². The van der Waals surface area contributed by atoms with Gasteiger partial charge in [-0.05, 0) is 41.0 Å². The Morgan fingerprint density at radius 3 is 1.83 bits per heavy atom. The van der Waals surface area contributed by atoms with Gasteiger partial charge in [-0.2, -0.15) is 0 Å². The van der Waals surface area contributed by atoms with Crippen molar-refractivity contribution in [1.29, 1.82) is 0 Å². The highest BCUT2D eigenvalue weighted by Crippen LogP contribution is 2.34. The first kappa shape index (κ1) is 15.7. The van der Waals surface area contributed by atoms with Crippen LogP contribution in [-0.4, -0.2) is 14.2 Å². The summed E-state index contributed by atoms with van der Waals surface area (Å²) in [5.41, 5.74) is 5.31. The van der Waals surface area contributed by atoms with E-state index in [4.69, 9.17) is 15.9 Å². The second kappa shape index (κ2) is 6.93. The van der Waals surface area contributed by atoms with Crippen molar-refractivity contribution in [2.75, 3.05) is 14.2 Å². The summed E-state index contributed by atoms with van der Waals surface area (Å²) in [6.07, 6.45) is 5.40. The van der Waals surface area contributed by atoms with Gasteiger partial charge in [0.1, 0.15) is 11.5 Å². The van der Waals surface area contributed by atoms with Crippen molar-refractivity contribution in [3.8, 4) is 46.1 Å². The van der Waals surface area contributed by atoms with Crippen molar-refractivity contribution in [1.82, 2.24) is 0 Å². The van der Waals surface area contributed by atoms with Gasteiger partial charge in [-0.15, -0.1) is 6.42 Å². The van der Waals surface area contributed by atoms with Gasteiger partial charge in [0.25, 0.3) is 0 Å². The molecular weight excluding hydrogens is 296 g/mol. The molecule has 0 spiro atoms. The highest BCUT2D eigenvalue weighted by molar-refractivity contribution is 5.75. The molecular formula is C22H18O2. The van der Waals surface area contributed by atoms with E-state index in [9.17, 15) is 0 Å². The average Bonchev–Trinajstić information content (AvgIpc) is 2.67. The fraction of sp³-hybridized carbons (Fsp3) is 0.0909. The van der Waals surface area contributed by atoms with Crippen molar-refractivity contribution < 1.29 is 9.47 Å². The highest BCUT2D eigenvalue weighted by Gasteiger charge is 2.08. The van der Waals surface area contributed by atoms with Gasteiger partial charge in [0.15, 0.2) is 0 Å². The maximum Gasteiger partial charge on any atom is 0.130 e. The molecule has 0 aliphatic heterocycles. The molecule has 0 aliphatic rings. The molecule has 118 valence electrons. The van der Waals surface area contributed by atoms with Crippen molar-refractivity contribution in [2.24, 2.45) is 0 Å². The summed E-state index contributed by atoms with van der Waals surface area (Å²) in [6.45, 7) is 0. The summed E-state index contributed by atoms with van der Waals surface area (Å²) < 4.78 is 10.7. The Hall–Kier alpha value is -3.18. The average molecular weight is 314 g/mol. The van der Waals surface area contributed by atoms with Crippen LogP contribution >= 0.6 is 0 Å². The lowest BCUT2D eigenvalue weighted by molar-refractivity contribution is 0.395. The first-order chi connectivity index (χ1) is 11.7. The molecule has 3 aromatic carbocycles. The van der Waals surface area contributed by atoms with E-state index in [0.29, 0.717) is 0 Å². The van der Waals surface area contributed by atoms with Crippen LogP contribution in [0.5, 0.6) is 11.5 Å². The molecule has 0 bridgehead atoms. The zero-order valence-electron chi connectivity index (χ0n) is 13.7. The Bertz CT molecular complexity index is 869. The summed E-state index contributed by atoms with van der Waals surface area (Å²) in [5, 5.41) is 0. The van der Waals surface area contributed by atoms with Crippen LogP contribution in [0.15, 0.2) is 66.7 Å². The second-order valence-corrected chi connectivity index (χ2v) is 5.37. The van der Waals surface area contributed by atoms with Gasteiger partial charge in [-0.1, -0.05) is 42.3 Å². The molecule has 0 aromatic heterocycles. The molecule has 24 heavy (non-hydrogen) atoms. The largest absolute Gasteiger partial charge is 0.497 e. The van der Waals surface area contributed by atoms with Crippen LogP contribution in [0.1, 0.15) is 5.56 Å². The molecule has 3 rings (SSSR count). The second-order valence-electron chi connectivity index (χ2n) is 5.37. The van der Waals surface area contributed by atoms with Gasteiger partial charge < -0.3 is 9.47 Å². The molecule has 0 atom stereocenters. The van der Waals surface area contributed by atoms with Gasteiger partial charge in [0, 0.05) is 17.2 Å². The molecule has 0 aliphatic carbocycles. The monoisotopic (exact) mass is 314 g/mol. The standard InChI is InChI=1S/C22H18O2/c1-4-16-5-7-17(8-6-16)18-9-11-19(12-10-18)21-14-13-20(23-2)15-22(21)24-3/h1,5-15H,2-3H3. The summed E-state index contributed by atoms with van der Waals surface area (Å²) in [5.74, 6) is 4.20. The van der Waals surface area contributed by atoms with Crippen LogP contribution < -0.4 is 9.47 Å². The van der Waals surface area contributed by atoms with Crippen molar-refractivity contribution in [3.63, 3.8) is 0 Å². The van der Waals surface area contributed by atoms with Gasteiger partial charge >= 0.3 is 0 Å². The number of benzene rings is 3. The predicted octanol–water partition coefficient (Wildman–Crippen LogP) is 5.02. The summed E-state index contributed by atoms with van der Waals surface area (Å²) in [4.78, 5) is 0. The SMILES string of the molecule is C#Cc1ccc(-c2ccc(-c3ccc(OC)cc3OC)cc2)cc1. The number of hydrogen-bond donors (Lipinski definition) is 0. The van der Waals surface area contributed by atoms with Gasteiger partial charge in [-0.3, -0.25) is 0 Å². The summed E-state index contributed by atoms with van der Waals surface area (Å²) >= 11 is 0. The number of ether oxygens (including phenoxy) is 2. The predicted molar refractivity (Wildman–Crippen MR) is 98.4 cm³/mol. The maximum absolute atomic E-state index is 5.48. The number of hydrogen-bond acceptors (Lipinski definition) is 2. The van der Waals surface area contributed by atoms with Crippen LogP contribution in [0.25, 0.3) is 22.3 Å². The van der Waals surface area contributed by atoms with E-state index in [1.165, 1.54) is 0 Å². The van der Waals surface area contributed by atoms with E-state index in [1.54, 1.807) is 14.2 Å². The first-order valence-corrected chi connectivity index (χ1v) is 7.64.